The van der Waals surface area contributed by atoms with Crippen molar-refractivity contribution < 1.29 is 8.78 Å². The van der Waals surface area contributed by atoms with Crippen LogP contribution in [0.3, 0.4) is 0 Å². The van der Waals surface area contributed by atoms with Gasteiger partial charge < -0.3 is 11.1 Å². The molecule has 3 N–H and O–H groups in total. The summed E-state index contributed by atoms with van der Waals surface area (Å²) in [5, 5.41) is 3.38. The molecule has 1 aliphatic carbocycles. The number of nitrogens with one attached hydrogen (secondary N) is 1. The smallest absolute Gasteiger partial charge is 0.126 e. The second kappa shape index (κ2) is 5.56. The van der Waals surface area contributed by atoms with Crippen LogP contribution in [0.2, 0.25) is 0 Å². The summed E-state index contributed by atoms with van der Waals surface area (Å²) < 4.78 is 26.3. The highest BCUT2D eigenvalue weighted by molar-refractivity contribution is 5.22. The summed E-state index contributed by atoms with van der Waals surface area (Å²) in [7, 11) is 0. The van der Waals surface area contributed by atoms with Gasteiger partial charge in [-0.15, -0.1) is 0 Å². The van der Waals surface area contributed by atoms with E-state index in [-0.39, 0.29) is 6.04 Å². The van der Waals surface area contributed by atoms with Crippen LogP contribution in [0.5, 0.6) is 0 Å². The van der Waals surface area contributed by atoms with Gasteiger partial charge in [0, 0.05) is 24.7 Å². The first-order chi connectivity index (χ1) is 8.19. The monoisotopic (exact) mass is 240 g/mol. The molecule has 0 radical (unpaired) electrons. The van der Waals surface area contributed by atoms with Gasteiger partial charge in [0.2, 0.25) is 0 Å². The van der Waals surface area contributed by atoms with Crippen molar-refractivity contribution in [2.75, 3.05) is 6.54 Å². The molecular formula is C13H18F2N2. The first-order valence-corrected chi connectivity index (χ1v) is 6.11. The fourth-order valence-electron chi connectivity index (χ4n) is 2.45. The Balaban J connectivity index is 2.10. The largest absolute Gasteiger partial charge is 0.329 e. The third-order valence-corrected chi connectivity index (χ3v) is 3.32. The molecule has 0 heterocycles. The lowest BCUT2D eigenvalue weighted by molar-refractivity contribution is 0.440. The van der Waals surface area contributed by atoms with Crippen LogP contribution in [0.4, 0.5) is 8.78 Å². The molecule has 0 aromatic heterocycles. The van der Waals surface area contributed by atoms with Crippen LogP contribution < -0.4 is 11.1 Å². The van der Waals surface area contributed by atoms with E-state index in [2.05, 4.69) is 5.32 Å². The lowest BCUT2D eigenvalue weighted by Gasteiger charge is -2.22. The Bertz CT molecular complexity index is 355. The predicted molar refractivity (Wildman–Crippen MR) is 63.5 cm³/mol. The first kappa shape index (κ1) is 12.5. The van der Waals surface area contributed by atoms with Gasteiger partial charge >= 0.3 is 0 Å². The minimum absolute atomic E-state index is 0.164. The zero-order chi connectivity index (χ0) is 12.3. The van der Waals surface area contributed by atoms with Gasteiger partial charge in [0.05, 0.1) is 0 Å². The van der Waals surface area contributed by atoms with E-state index in [9.17, 15) is 8.78 Å². The molecule has 1 aromatic rings. The molecule has 1 unspecified atom stereocenters. The molecule has 0 aliphatic heterocycles. The van der Waals surface area contributed by atoms with E-state index in [1.54, 1.807) is 0 Å². The van der Waals surface area contributed by atoms with Crippen LogP contribution in [0.15, 0.2) is 18.2 Å². The zero-order valence-electron chi connectivity index (χ0n) is 9.76. The molecule has 0 saturated heterocycles. The normalized spacial score (nSPS) is 18.5. The molecule has 0 spiro atoms. The van der Waals surface area contributed by atoms with E-state index < -0.39 is 11.6 Å². The van der Waals surface area contributed by atoms with Gasteiger partial charge in [-0.2, -0.15) is 0 Å². The van der Waals surface area contributed by atoms with Crippen LogP contribution in [-0.2, 0) is 0 Å². The Morgan fingerprint density at radius 3 is 2.29 bits per heavy atom. The lowest BCUT2D eigenvalue weighted by Crippen LogP contribution is -2.35. The van der Waals surface area contributed by atoms with Crippen molar-refractivity contribution in [3.8, 4) is 0 Å². The fraction of sp³-hybridized carbons (Fsp3) is 0.538. The summed E-state index contributed by atoms with van der Waals surface area (Å²) in [6.07, 6.45) is 4.67. The third-order valence-electron chi connectivity index (χ3n) is 3.32. The molecular weight excluding hydrogens is 222 g/mol. The zero-order valence-corrected chi connectivity index (χ0v) is 9.76. The molecule has 1 atom stereocenters. The van der Waals surface area contributed by atoms with E-state index in [1.807, 2.05) is 0 Å². The Morgan fingerprint density at radius 1 is 1.18 bits per heavy atom. The molecule has 2 rings (SSSR count). The maximum atomic E-state index is 13.1. The van der Waals surface area contributed by atoms with Crippen LogP contribution in [0.1, 0.15) is 37.3 Å². The standard InChI is InChI=1S/C13H18F2N2/c14-10-5-9(6-11(15)7-10)13(8-16)17-12-3-1-2-4-12/h5-7,12-13,17H,1-4,8,16H2. The van der Waals surface area contributed by atoms with Crippen molar-refractivity contribution >= 4 is 0 Å². The van der Waals surface area contributed by atoms with Crippen molar-refractivity contribution in [3.63, 3.8) is 0 Å². The average Bonchev–Trinajstić information content (AvgIpc) is 2.77. The van der Waals surface area contributed by atoms with Gasteiger partial charge in [0.1, 0.15) is 11.6 Å². The summed E-state index contributed by atoms with van der Waals surface area (Å²) in [5.74, 6) is -1.10. The van der Waals surface area contributed by atoms with Gasteiger partial charge in [0.25, 0.3) is 0 Å². The van der Waals surface area contributed by atoms with Gasteiger partial charge in [-0.25, -0.2) is 8.78 Å². The number of hydrogen-bond acceptors (Lipinski definition) is 2. The molecule has 0 amide bonds. The number of rotatable bonds is 4. The van der Waals surface area contributed by atoms with Crippen molar-refractivity contribution in [1.82, 2.24) is 5.32 Å². The molecule has 2 nitrogen and oxygen atoms in total. The number of nitrogens with two attached hydrogens (primary N) is 1. The minimum atomic E-state index is -0.549. The number of benzene rings is 1. The van der Waals surface area contributed by atoms with Crippen molar-refractivity contribution in [2.45, 2.75) is 37.8 Å². The molecule has 1 fully saturated rings. The van der Waals surface area contributed by atoms with Crippen LogP contribution >= 0.6 is 0 Å². The fourth-order valence-corrected chi connectivity index (χ4v) is 2.45. The molecule has 94 valence electrons. The molecule has 1 saturated carbocycles. The highest BCUT2D eigenvalue weighted by Gasteiger charge is 2.20. The van der Waals surface area contributed by atoms with Gasteiger partial charge in [0.15, 0.2) is 0 Å². The highest BCUT2D eigenvalue weighted by Crippen LogP contribution is 2.22. The van der Waals surface area contributed by atoms with Crippen LogP contribution in [0, 0.1) is 11.6 Å². The Morgan fingerprint density at radius 2 is 1.76 bits per heavy atom. The minimum Gasteiger partial charge on any atom is -0.329 e. The quantitative estimate of drug-likeness (QED) is 0.848. The average molecular weight is 240 g/mol. The Hall–Kier alpha value is -1.00. The third kappa shape index (κ3) is 3.23. The van der Waals surface area contributed by atoms with E-state index in [0.717, 1.165) is 18.9 Å². The molecule has 17 heavy (non-hydrogen) atoms. The van der Waals surface area contributed by atoms with Gasteiger partial charge in [-0.05, 0) is 30.5 Å². The molecule has 0 bridgehead atoms. The number of halogens is 2. The summed E-state index contributed by atoms with van der Waals surface area (Å²) in [5.41, 5.74) is 6.27. The molecule has 4 heteroatoms. The summed E-state index contributed by atoms with van der Waals surface area (Å²) in [6, 6.07) is 3.84. The Kier molecular flexibility index (Phi) is 4.07. The van der Waals surface area contributed by atoms with Gasteiger partial charge in [-0.1, -0.05) is 12.8 Å². The van der Waals surface area contributed by atoms with E-state index in [4.69, 9.17) is 5.73 Å². The Labute approximate surface area is 100 Å². The maximum Gasteiger partial charge on any atom is 0.126 e. The van der Waals surface area contributed by atoms with E-state index >= 15 is 0 Å². The van der Waals surface area contributed by atoms with Crippen molar-refractivity contribution in [3.05, 3.63) is 35.4 Å². The lowest BCUT2D eigenvalue weighted by atomic mass is 10.0. The van der Waals surface area contributed by atoms with Crippen molar-refractivity contribution in [2.24, 2.45) is 5.73 Å². The van der Waals surface area contributed by atoms with Gasteiger partial charge in [-0.3, -0.25) is 0 Å². The summed E-state index contributed by atoms with van der Waals surface area (Å²) in [4.78, 5) is 0. The van der Waals surface area contributed by atoms with Crippen LogP contribution in [0.25, 0.3) is 0 Å². The second-order valence-electron chi connectivity index (χ2n) is 4.64. The maximum absolute atomic E-state index is 13.1. The molecule has 1 aliphatic rings. The SMILES string of the molecule is NCC(NC1CCCC1)c1cc(F)cc(F)c1. The first-order valence-electron chi connectivity index (χ1n) is 6.11. The number of hydrogen-bond donors (Lipinski definition) is 2. The van der Waals surface area contributed by atoms with Crippen molar-refractivity contribution in [1.29, 1.82) is 0 Å². The highest BCUT2D eigenvalue weighted by atomic mass is 19.1. The predicted octanol–water partition coefficient (Wildman–Crippen LogP) is 2.50. The van der Waals surface area contributed by atoms with Crippen LogP contribution in [-0.4, -0.2) is 12.6 Å². The second-order valence-corrected chi connectivity index (χ2v) is 4.64. The molecule has 1 aromatic carbocycles. The van der Waals surface area contributed by atoms with E-state index in [0.29, 0.717) is 18.2 Å². The summed E-state index contributed by atoms with van der Waals surface area (Å²) >= 11 is 0. The van der Waals surface area contributed by atoms with E-state index in [1.165, 1.54) is 25.0 Å². The summed E-state index contributed by atoms with van der Waals surface area (Å²) in [6.45, 7) is 0.347. The topological polar surface area (TPSA) is 38.0 Å².